The average Bonchev–Trinajstić information content (AvgIpc) is 3.40. The molecule has 0 unspecified atom stereocenters. The summed E-state index contributed by atoms with van der Waals surface area (Å²) in [5.74, 6) is -0.287. The highest BCUT2D eigenvalue weighted by Crippen LogP contribution is 2.30. The van der Waals surface area contributed by atoms with Gasteiger partial charge in [0.05, 0.1) is 15.8 Å². The summed E-state index contributed by atoms with van der Waals surface area (Å²) in [7, 11) is 0. The van der Waals surface area contributed by atoms with Crippen molar-refractivity contribution < 1.29 is 4.79 Å². The van der Waals surface area contributed by atoms with E-state index in [0.29, 0.717) is 21.8 Å². The fourth-order valence-corrected chi connectivity index (χ4v) is 4.72. The molecule has 5 nitrogen and oxygen atoms in total. The maximum Gasteiger partial charge on any atom is 0.263 e. The van der Waals surface area contributed by atoms with E-state index in [-0.39, 0.29) is 11.5 Å². The molecular formula is C21H13N3O2S2. The zero-order chi connectivity index (χ0) is 19.1. The molecule has 136 valence electrons. The van der Waals surface area contributed by atoms with Crippen molar-refractivity contribution in [1.82, 2.24) is 9.38 Å². The Labute approximate surface area is 167 Å². The molecule has 1 aromatic carbocycles. The number of nitrogens with one attached hydrogen (secondary N) is 1. The highest BCUT2D eigenvalue weighted by Gasteiger charge is 2.19. The molecule has 0 aliphatic carbocycles. The molecule has 4 heterocycles. The zero-order valence-electron chi connectivity index (χ0n) is 14.5. The number of benzene rings is 1. The molecule has 0 radical (unpaired) electrons. The van der Waals surface area contributed by atoms with Gasteiger partial charge in [-0.05, 0) is 34.5 Å². The van der Waals surface area contributed by atoms with E-state index in [0.717, 1.165) is 15.6 Å². The topological polar surface area (TPSA) is 63.5 Å². The largest absolute Gasteiger partial charge is 0.298 e. The van der Waals surface area contributed by atoms with Crippen LogP contribution in [0.1, 0.15) is 10.4 Å². The first kappa shape index (κ1) is 16.9. The molecule has 0 fully saturated rings. The van der Waals surface area contributed by atoms with Gasteiger partial charge in [-0.1, -0.05) is 30.3 Å². The summed E-state index contributed by atoms with van der Waals surface area (Å²) < 4.78 is 2.47. The van der Waals surface area contributed by atoms with E-state index in [4.69, 9.17) is 0 Å². The molecule has 0 aliphatic rings. The minimum absolute atomic E-state index is 0.151. The summed E-state index contributed by atoms with van der Waals surface area (Å²) >= 11 is 2.87. The number of anilines is 1. The van der Waals surface area contributed by atoms with Crippen molar-refractivity contribution in [2.75, 3.05) is 5.32 Å². The van der Waals surface area contributed by atoms with Crippen LogP contribution in [0, 0.1) is 0 Å². The summed E-state index contributed by atoms with van der Waals surface area (Å²) in [6.45, 7) is 0. The number of aromatic nitrogens is 2. The first-order valence-corrected chi connectivity index (χ1v) is 10.3. The minimum Gasteiger partial charge on any atom is -0.298 e. The Hall–Kier alpha value is -3.29. The highest BCUT2D eigenvalue weighted by molar-refractivity contribution is 7.18. The van der Waals surface area contributed by atoms with Gasteiger partial charge in [-0.3, -0.25) is 19.3 Å². The van der Waals surface area contributed by atoms with Gasteiger partial charge in [-0.2, -0.15) is 0 Å². The predicted octanol–water partition coefficient (Wildman–Crippen LogP) is 4.89. The molecule has 0 saturated heterocycles. The van der Waals surface area contributed by atoms with Crippen LogP contribution >= 0.6 is 22.7 Å². The smallest absolute Gasteiger partial charge is 0.263 e. The SMILES string of the molecule is O=C(Nc1nccs1)c1cc(-c2ccccc2)c(=O)n2ccc3ccsc3c12. The molecule has 5 rings (SSSR count). The van der Waals surface area contributed by atoms with Gasteiger partial charge in [0.15, 0.2) is 5.13 Å². The number of amides is 1. The molecule has 28 heavy (non-hydrogen) atoms. The average molecular weight is 403 g/mol. The van der Waals surface area contributed by atoms with Gasteiger partial charge in [-0.15, -0.1) is 22.7 Å². The second kappa shape index (κ2) is 6.70. The Kier molecular flexibility index (Phi) is 4.03. The van der Waals surface area contributed by atoms with Gasteiger partial charge in [0.1, 0.15) is 0 Å². The van der Waals surface area contributed by atoms with Crippen molar-refractivity contribution in [1.29, 1.82) is 0 Å². The van der Waals surface area contributed by atoms with Crippen LogP contribution in [0.3, 0.4) is 0 Å². The number of rotatable bonds is 3. The maximum atomic E-state index is 13.2. The third kappa shape index (κ3) is 2.72. The zero-order valence-corrected chi connectivity index (χ0v) is 16.1. The molecule has 1 N–H and O–H groups in total. The molecule has 0 atom stereocenters. The lowest BCUT2D eigenvalue weighted by atomic mass is 10.0. The molecule has 5 aromatic rings. The van der Waals surface area contributed by atoms with E-state index in [1.54, 1.807) is 28.2 Å². The molecule has 0 saturated carbocycles. The van der Waals surface area contributed by atoms with Gasteiger partial charge in [0.2, 0.25) is 0 Å². The van der Waals surface area contributed by atoms with Crippen LogP contribution in [0.5, 0.6) is 0 Å². The number of pyridine rings is 2. The molecule has 0 spiro atoms. The van der Waals surface area contributed by atoms with Crippen molar-refractivity contribution >= 4 is 49.3 Å². The first-order chi connectivity index (χ1) is 13.7. The van der Waals surface area contributed by atoms with Crippen molar-refractivity contribution in [3.63, 3.8) is 0 Å². The summed E-state index contributed by atoms with van der Waals surface area (Å²) in [5.41, 5.74) is 2.17. The van der Waals surface area contributed by atoms with Crippen molar-refractivity contribution in [3.05, 3.63) is 87.6 Å². The summed E-state index contributed by atoms with van der Waals surface area (Å²) in [4.78, 5) is 30.5. The fourth-order valence-electron chi connectivity index (χ4n) is 3.25. The van der Waals surface area contributed by atoms with Gasteiger partial charge in [0.25, 0.3) is 11.5 Å². The lowest BCUT2D eigenvalue weighted by Crippen LogP contribution is -2.21. The highest BCUT2D eigenvalue weighted by atomic mass is 32.1. The standard InChI is InChI=1S/C21H13N3O2S2/c25-19(23-21-22-8-11-28-21)16-12-15(13-4-2-1-3-5-13)20(26)24-9-6-14-7-10-27-18(14)17(16)24/h1-12H,(H,22,23,25). The number of carbonyl (C=O) groups excluding carboxylic acids is 1. The first-order valence-electron chi connectivity index (χ1n) is 8.54. The van der Waals surface area contributed by atoms with E-state index in [1.165, 1.54) is 22.7 Å². The quantitative estimate of drug-likeness (QED) is 0.466. The molecule has 1 amide bonds. The molecule has 4 aromatic heterocycles. The van der Waals surface area contributed by atoms with Crippen LogP contribution in [0.15, 0.2) is 76.5 Å². The Morgan fingerprint density at radius 2 is 1.89 bits per heavy atom. The van der Waals surface area contributed by atoms with E-state index in [2.05, 4.69) is 10.3 Å². The minimum atomic E-state index is -0.287. The molecule has 0 aliphatic heterocycles. The van der Waals surface area contributed by atoms with Gasteiger partial charge < -0.3 is 0 Å². The number of carbonyl (C=O) groups is 1. The third-order valence-corrected chi connectivity index (χ3v) is 6.16. The number of thiazole rings is 1. The number of nitrogens with zero attached hydrogens (tertiary/aromatic N) is 2. The number of thiophene rings is 1. The number of hydrogen-bond donors (Lipinski definition) is 1. The molecule has 7 heteroatoms. The van der Waals surface area contributed by atoms with Crippen molar-refractivity contribution in [2.45, 2.75) is 0 Å². The van der Waals surface area contributed by atoms with Gasteiger partial charge in [0, 0.05) is 23.3 Å². The van der Waals surface area contributed by atoms with E-state index < -0.39 is 0 Å². The second-order valence-corrected chi connectivity index (χ2v) is 7.98. The van der Waals surface area contributed by atoms with Crippen LogP contribution < -0.4 is 10.9 Å². The lowest BCUT2D eigenvalue weighted by Gasteiger charge is -2.12. The third-order valence-electron chi connectivity index (χ3n) is 4.53. The van der Waals surface area contributed by atoms with E-state index in [1.807, 2.05) is 47.8 Å². The summed E-state index contributed by atoms with van der Waals surface area (Å²) in [6.07, 6.45) is 3.38. The number of hydrogen-bond acceptors (Lipinski definition) is 5. The Morgan fingerprint density at radius 1 is 1.04 bits per heavy atom. The lowest BCUT2D eigenvalue weighted by molar-refractivity contribution is 0.102. The Morgan fingerprint density at radius 3 is 2.68 bits per heavy atom. The molecular weight excluding hydrogens is 390 g/mol. The Bertz CT molecular complexity index is 1370. The van der Waals surface area contributed by atoms with Crippen molar-refractivity contribution in [3.8, 4) is 11.1 Å². The molecule has 0 bridgehead atoms. The van der Waals surface area contributed by atoms with Crippen LogP contribution in [0.25, 0.3) is 26.7 Å². The van der Waals surface area contributed by atoms with E-state index >= 15 is 0 Å². The summed E-state index contributed by atoms with van der Waals surface area (Å²) in [5, 5.41) is 8.13. The van der Waals surface area contributed by atoms with Gasteiger partial charge >= 0.3 is 0 Å². The monoisotopic (exact) mass is 403 g/mol. The van der Waals surface area contributed by atoms with Crippen LogP contribution in [-0.4, -0.2) is 15.3 Å². The van der Waals surface area contributed by atoms with Gasteiger partial charge in [-0.25, -0.2) is 4.98 Å². The summed E-state index contributed by atoms with van der Waals surface area (Å²) in [6, 6.07) is 15.0. The van der Waals surface area contributed by atoms with Crippen LogP contribution in [0.4, 0.5) is 5.13 Å². The number of fused-ring (bicyclic) bond motifs is 3. The predicted molar refractivity (Wildman–Crippen MR) is 115 cm³/mol. The van der Waals surface area contributed by atoms with Crippen LogP contribution in [0.2, 0.25) is 0 Å². The van der Waals surface area contributed by atoms with Crippen molar-refractivity contribution in [2.24, 2.45) is 0 Å². The second-order valence-electron chi connectivity index (χ2n) is 6.17. The normalized spacial score (nSPS) is 11.1. The van der Waals surface area contributed by atoms with Crippen LogP contribution in [-0.2, 0) is 0 Å². The fraction of sp³-hybridized carbons (Fsp3) is 0. The maximum absolute atomic E-state index is 13.2. The van der Waals surface area contributed by atoms with E-state index in [9.17, 15) is 9.59 Å². The Balaban J connectivity index is 1.82.